The second kappa shape index (κ2) is 11.2. The van der Waals surface area contributed by atoms with Crippen molar-refractivity contribution in [3.8, 4) is 28.5 Å². The minimum atomic E-state index is -3.10. The zero-order chi connectivity index (χ0) is 27.6. The highest BCUT2D eigenvalue weighted by atomic mass is 19.3. The van der Waals surface area contributed by atoms with Crippen molar-refractivity contribution >= 4 is 11.6 Å². The van der Waals surface area contributed by atoms with Gasteiger partial charge in [0, 0.05) is 61.9 Å². The average Bonchev–Trinajstić information content (AvgIpc) is 3.46. The van der Waals surface area contributed by atoms with E-state index in [1.807, 2.05) is 22.7 Å². The third kappa shape index (κ3) is 5.60. The first-order valence-corrected chi connectivity index (χ1v) is 13.4. The summed E-state index contributed by atoms with van der Waals surface area (Å²) in [4.78, 5) is 19.7. The van der Waals surface area contributed by atoms with Crippen molar-refractivity contribution in [2.45, 2.75) is 45.0 Å². The first-order chi connectivity index (χ1) is 19.5. The van der Waals surface area contributed by atoms with E-state index >= 15 is 0 Å². The Balaban J connectivity index is 1.16. The molecule has 1 saturated carbocycles. The molecular weight excluding hydrogens is 520 g/mol. The molecule has 11 heteroatoms. The van der Waals surface area contributed by atoms with Gasteiger partial charge >= 0.3 is 6.61 Å². The summed E-state index contributed by atoms with van der Waals surface area (Å²) >= 11 is 0. The van der Waals surface area contributed by atoms with Crippen LogP contribution in [0.2, 0.25) is 0 Å². The number of benzene rings is 1. The summed E-state index contributed by atoms with van der Waals surface area (Å²) in [6.45, 7) is 1.44. The van der Waals surface area contributed by atoms with Gasteiger partial charge in [-0.2, -0.15) is 8.78 Å². The summed E-state index contributed by atoms with van der Waals surface area (Å²) in [7, 11) is 1.39. The minimum absolute atomic E-state index is 0.0457. The van der Waals surface area contributed by atoms with E-state index in [0.717, 1.165) is 45.4 Å². The molecule has 1 aliphatic carbocycles. The smallest absolute Gasteiger partial charge is 0.387 e. The van der Waals surface area contributed by atoms with Gasteiger partial charge in [0.2, 0.25) is 0 Å². The molecule has 0 saturated heterocycles. The van der Waals surface area contributed by atoms with Crippen molar-refractivity contribution in [3.63, 3.8) is 0 Å². The van der Waals surface area contributed by atoms with E-state index in [2.05, 4.69) is 38.1 Å². The topological polar surface area (TPSA) is 82.3 Å². The summed E-state index contributed by atoms with van der Waals surface area (Å²) in [5.41, 5.74) is 3.07. The molecule has 0 unspecified atom stereocenters. The van der Waals surface area contributed by atoms with Gasteiger partial charge in [-0.15, -0.1) is 0 Å². The van der Waals surface area contributed by atoms with E-state index in [4.69, 9.17) is 14.2 Å². The van der Waals surface area contributed by atoms with Gasteiger partial charge in [-0.3, -0.25) is 14.1 Å². The number of alkyl halides is 2. The molecule has 4 aromatic rings. The average molecular weight is 552 g/mol. The molecule has 4 heterocycles. The maximum atomic E-state index is 13.3. The lowest BCUT2D eigenvalue weighted by Crippen LogP contribution is -2.34. The highest BCUT2D eigenvalue weighted by Crippen LogP contribution is 2.37. The van der Waals surface area contributed by atoms with Gasteiger partial charge in [-0.25, -0.2) is 4.98 Å². The van der Waals surface area contributed by atoms with Gasteiger partial charge in [0.05, 0.1) is 25.6 Å². The molecule has 2 aliphatic rings. The van der Waals surface area contributed by atoms with Crippen LogP contribution in [0.3, 0.4) is 0 Å². The lowest BCUT2D eigenvalue weighted by atomic mass is 10.1. The number of fused-ring (bicyclic) bond motifs is 2. The Morgan fingerprint density at radius 3 is 2.80 bits per heavy atom. The number of nitrogens with one attached hydrogen (secondary N) is 1. The van der Waals surface area contributed by atoms with Crippen LogP contribution in [0.5, 0.6) is 17.2 Å². The largest absolute Gasteiger partial charge is 0.496 e. The first kappa shape index (κ1) is 26.1. The summed E-state index contributed by atoms with van der Waals surface area (Å²) in [6.07, 6.45) is 8.20. The molecule has 40 heavy (non-hydrogen) atoms. The number of imidazole rings is 1. The third-order valence-corrected chi connectivity index (χ3v) is 7.28. The molecule has 0 atom stereocenters. The van der Waals surface area contributed by atoms with Crippen LogP contribution in [0.4, 0.5) is 8.78 Å². The first-order valence-electron chi connectivity index (χ1n) is 13.4. The van der Waals surface area contributed by atoms with Crippen LogP contribution in [0.15, 0.2) is 55.0 Å². The maximum Gasteiger partial charge on any atom is 0.387 e. The van der Waals surface area contributed by atoms with Gasteiger partial charge in [-0.1, -0.05) is 0 Å². The summed E-state index contributed by atoms with van der Waals surface area (Å²) < 4.78 is 46.9. The predicted octanol–water partition coefficient (Wildman–Crippen LogP) is 4.59. The number of methoxy groups -OCH3 is 1. The molecule has 1 aliphatic heterocycles. The van der Waals surface area contributed by atoms with Crippen LogP contribution in [0, 0.1) is 0 Å². The standard InChI is InChI=1S/C29H31F2N5O4/c1-38-24-14-19(15-25(40-29(30)31)27(24)28(37)33-20-5-6-20)23-17-32-26-16-22(7-10-36(23)26)39-13-3-8-34-11-12-35-9-2-4-21(35)18-34/h2,4,7,9-10,14-17,20,29H,3,5-6,8,11-13,18H2,1H3,(H,33,37). The lowest BCUT2D eigenvalue weighted by molar-refractivity contribution is -0.0502. The highest BCUT2D eigenvalue weighted by molar-refractivity contribution is 6.01. The quantitative estimate of drug-likeness (QED) is 0.275. The number of nitrogens with zero attached hydrogens (tertiary/aromatic N) is 4. The highest BCUT2D eigenvalue weighted by Gasteiger charge is 2.29. The van der Waals surface area contributed by atoms with E-state index in [1.54, 1.807) is 12.3 Å². The number of aromatic nitrogens is 3. The number of halogens is 2. The molecule has 1 fully saturated rings. The Kier molecular flexibility index (Phi) is 7.29. The monoisotopic (exact) mass is 551 g/mol. The molecule has 0 bridgehead atoms. The fourth-order valence-electron chi connectivity index (χ4n) is 5.10. The molecule has 0 spiro atoms. The lowest BCUT2D eigenvalue weighted by Gasteiger charge is -2.28. The Bertz CT molecular complexity index is 1510. The van der Waals surface area contributed by atoms with E-state index in [9.17, 15) is 13.6 Å². The number of carbonyl (C=O) groups excluding carboxylic acids is 1. The maximum absolute atomic E-state index is 13.3. The number of hydrogen-bond donors (Lipinski definition) is 1. The molecule has 3 aromatic heterocycles. The zero-order valence-electron chi connectivity index (χ0n) is 22.2. The van der Waals surface area contributed by atoms with Crippen LogP contribution in [-0.4, -0.2) is 64.2 Å². The van der Waals surface area contributed by atoms with E-state index in [0.29, 0.717) is 29.3 Å². The Morgan fingerprint density at radius 1 is 1.15 bits per heavy atom. The summed E-state index contributed by atoms with van der Waals surface area (Å²) in [5, 5.41) is 2.81. The number of ether oxygens (including phenoxy) is 3. The number of carbonyl (C=O) groups is 1. The second-order valence-electron chi connectivity index (χ2n) is 10.1. The Hall–Kier alpha value is -4.12. The number of hydrogen-bond acceptors (Lipinski definition) is 6. The number of pyridine rings is 1. The molecule has 0 radical (unpaired) electrons. The molecule has 6 rings (SSSR count). The van der Waals surface area contributed by atoms with Crippen molar-refractivity contribution in [3.05, 3.63) is 66.2 Å². The van der Waals surface area contributed by atoms with Gasteiger partial charge in [0.25, 0.3) is 5.91 Å². The van der Waals surface area contributed by atoms with E-state index in [-0.39, 0.29) is 23.1 Å². The van der Waals surface area contributed by atoms with Gasteiger partial charge in [-0.05, 0) is 49.6 Å². The van der Waals surface area contributed by atoms with Crippen LogP contribution in [0.1, 0.15) is 35.3 Å². The van der Waals surface area contributed by atoms with Crippen molar-refractivity contribution in [2.24, 2.45) is 0 Å². The van der Waals surface area contributed by atoms with Crippen molar-refractivity contribution in [2.75, 3.05) is 26.8 Å². The predicted molar refractivity (Wildman–Crippen MR) is 144 cm³/mol. The molecule has 1 amide bonds. The SMILES string of the molecule is COc1cc(-c2cnc3cc(OCCCN4CCn5cccc5C4)ccn23)cc(OC(F)F)c1C(=O)NC1CC1. The third-order valence-electron chi connectivity index (χ3n) is 7.28. The second-order valence-corrected chi connectivity index (χ2v) is 10.1. The Morgan fingerprint density at radius 2 is 2.00 bits per heavy atom. The van der Waals surface area contributed by atoms with Crippen LogP contribution in [-0.2, 0) is 13.1 Å². The molecule has 9 nitrogen and oxygen atoms in total. The van der Waals surface area contributed by atoms with Crippen LogP contribution >= 0.6 is 0 Å². The fourth-order valence-corrected chi connectivity index (χ4v) is 5.10. The van der Waals surface area contributed by atoms with Crippen molar-refractivity contribution < 1.29 is 27.8 Å². The minimum Gasteiger partial charge on any atom is -0.496 e. The van der Waals surface area contributed by atoms with Gasteiger partial charge in [0.15, 0.2) is 0 Å². The van der Waals surface area contributed by atoms with E-state index in [1.165, 1.54) is 18.9 Å². The molecule has 1 N–H and O–H groups in total. The van der Waals surface area contributed by atoms with Crippen LogP contribution < -0.4 is 19.5 Å². The van der Waals surface area contributed by atoms with E-state index < -0.39 is 12.5 Å². The molecule has 1 aromatic carbocycles. The normalized spacial score (nSPS) is 15.3. The number of rotatable bonds is 11. The zero-order valence-corrected chi connectivity index (χ0v) is 22.2. The van der Waals surface area contributed by atoms with Gasteiger partial charge in [0.1, 0.15) is 28.5 Å². The Labute approximate surface area is 230 Å². The van der Waals surface area contributed by atoms with Crippen molar-refractivity contribution in [1.82, 2.24) is 24.2 Å². The van der Waals surface area contributed by atoms with Crippen LogP contribution in [0.25, 0.3) is 16.9 Å². The number of amides is 1. The van der Waals surface area contributed by atoms with Gasteiger partial charge < -0.3 is 24.1 Å². The summed E-state index contributed by atoms with van der Waals surface area (Å²) in [6, 6.07) is 11.0. The fraction of sp³-hybridized carbons (Fsp3) is 0.379. The summed E-state index contributed by atoms with van der Waals surface area (Å²) in [5.74, 6) is 0.0855. The molecular formula is C29H31F2N5O4. The molecule has 210 valence electrons. The van der Waals surface area contributed by atoms with Crippen molar-refractivity contribution in [1.29, 1.82) is 0 Å².